The molecule has 1 aromatic heterocycles. The lowest BCUT2D eigenvalue weighted by atomic mass is 9.92. The number of carbonyl (C=O) groups is 2. The minimum absolute atomic E-state index is 0.111. The van der Waals surface area contributed by atoms with Crippen LogP contribution in [0.2, 0.25) is 0 Å². The predicted octanol–water partition coefficient (Wildman–Crippen LogP) is 1.71. The molecule has 4 rings (SSSR count). The molecule has 3 aliphatic rings. The van der Waals surface area contributed by atoms with Crippen LogP contribution < -0.4 is 5.32 Å². The van der Waals surface area contributed by atoms with E-state index in [-0.39, 0.29) is 11.8 Å². The van der Waals surface area contributed by atoms with Crippen molar-refractivity contribution in [2.75, 3.05) is 13.1 Å². The highest BCUT2D eigenvalue weighted by atomic mass is 32.1. The molecule has 6 nitrogen and oxygen atoms in total. The van der Waals surface area contributed by atoms with Gasteiger partial charge in [0.2, 0.25) is 5.91 Å². The Morgan fingerprint density at radius 1 is 1.46 bits per heavy atom. The molecular weight excluding hydrogens is 326 g/mol. The van der Waals surface area contributed by atoms with Gasteiger partial charge >= 0.3 is 0 Å². The number of carbonyl (C=O) groups excluding carboxylic acids is 2. The molecule has 1 aliphatic carbocycles. The van der Waals surface area contributed by atoms with Gasteiger partial charge in [-0.05, 0) is 30.7 Å². The zero-order chi connectivity index (χ0) is 16.6. The lowest BCUT2D eigenvalue weighted by Crippen LogP contribution is -2.44. The van der Waals surface area contributed by atoms with Gasteiger partial charge < -0.3 is 15.1 Å². The van der Waals surface area contributed by atoms with Gasteiger partial charge in [0.05, 0.1) is 13.0 Å². The van der Waals surface area contributed by atoms with Gasteiger partial charge in [-0.2, -0.15) is 0 Å². The number of rotatable bonds is 4. The van der Waals surface area contributed by atoms with Crippen molar-refractivity contribution in [3.63, 3.8) is 0 Å². The zero-order valence-electron chi connectivity index (χ0n) is 13.5. The van der Waals surface area contributed by atoms with Gasteiger partial charge in [-0.1, -0.05) is 11.2 Å². The second-order valence-corrected chi connectivity index (χ2v) is 7.94. The Bertz CT molecular complexity index is 669. The largest absolute Gasteiger partial charge is 0.386 e. The normalized spacial score (nSPS) is 26.2. The third-order valence-electron chi connectivity index (χ3n) is 5.12. The molecule has 1 aromatic rings. The van der Waals surface area contributed by atoms with Crippen LogP contribution in [0.1, 0.15) is 37.0 Å². The van der Waals surface area contributed by atoms with Gasteiger partial charge in [0.25, 0.3) is 5.91 Å². The third kappa shape index (κ3) is 3.05. The second kappa shape index (κ2) is 6.20. The van der Waals surface area contributed by atoms with Crippen LogP contribution in [0, 0.1) is 0 Å². The first-order valence-electron chi connectivity index (χ1n) is 8.50. The highest BCUT2D eigenvalue weighted by molar-refractivity contribution is 7.10. The molecule has 0 bridgehead atoms. The van der Waals surface area contributed by atoms with E-state index < -0.39 is 5.60 Å². The van der Waals surface area contributed by atoms with Crippen molar-refractivity contribution >= 4 is 28.9 Å². The molecule has 1 spiro atoms. The first kappa shape index (κ1) is 15.6. The Hall–Kier alpha value is -1.89. The summed E-state index contributed by atoms with van der Waals surface area (Å²) in [5.74, 6) is 0.00484. The van der Waals surface area contributed by atoms with E-state index in [4.69, 9.17) is 4.84 Å². The lowest BCUT2D eigenvalue weighted by Gasteiger charge is -2.26. The summed E-state index contributed by atoms with van der Waals surface area (Å²) in [6.45, 7) is 1.18. The topological polar surface area (TPSA) is 71.0 Å². The van der Waals surface area contributed by atoms with Crippen LogP contribution in [0.4, 0.5) is 0 Å². The van der Waals surface area contributed by atoms with Crippen molar-refractivity contribution in [3.8, 4) is 0 Å². The number of likely N-dealkylation sites (tertiary alicyclic amines) is 1. The summed E-state index contributed by atoms with van der Waals surface area (Å²) in [6.07, 6.45) is 4.94. The summed E-state index contributed by atoms with van der Waals surface area (Å²) in [6, 6.07) is 4.23. The fourth-order valence-electron chi connectivity index (χ4n) is 3.42. The Balaban J connectivity index is 1.31. The van der Waals surface area contributed by atoms with Crippen LogP contribution in [0.25, 0.3) is 0 Å². The van der Waals surface area contributed by atoms with Crippen molar-refractivity contribution in [1.82, 2.24) is 10.2 Å². The maximum atomic E-state index is 12.4. The van der Waals surface area contributed by atoms with Crippen molar-refractivity contribution < 1.29 is 14.4 Å². The van der Waals surface area contributed by atoms with Gasteiger partial charge in [0.15, 0.2) is 5.60 Å². The SMILES string of the molecule is O=C(NC1CCC1)C1=NOC2(CCN(C(=O)Cc3cccs3)C2)C1. The molecule has 1 unspecified atom stereocenters. The maximum absolute atomic E-state index is 12.4. The molecule has 3 heterocycles. The fraction of sp³-hybridized carbons (Fsp3) is 0.588. The predicted molar refractivity (Wildman–Crippen MR) is 90.9 cm³/mol. The van der Waals surface area contributed by atoms with Crippen molar-refractivity contribution in [1.29, 1.82) is 0 Å². The summed E-state index contributed by atoms with van der Waals surface area (Å²) >= 11 is 1.60. The molecule has 1 atom stereocenters. The van der Waals surface area contributed by atoms with Crippen LogP contribution >= 0.6 is 11.3 Å². The molecular formula is C17H21N3O3S. The van der Waals surface area contributed by atoms with Gasteiger partial charge in [-0.15, -0.1) is 11.3 Å². The van der Waals surface area contributed by atoms with E-state index in [0.717, 1.165) is 24.1 Å². The molecule has 24 heavy (non-hydrogen) atoms. The van der Waals surface area contributed by atoms with Crippen molar-refractivity contribution in [2.45, 2.75) is 50.2 Å². The van der Waals surface area contributed by atoms with E-state index in [1.54, 1.807) is 11.3 Å². The highest BCUT2D eigenvalue weighted by Crippen LogP contribution is 2.34. The molecule has 128 valence electrons. The highest BCUT2D eigenvalue weighted by Gasteiger charge is 2.48. The minimum atomic E-state index is -0.503. The van der Waals surface area contributed by atoms with E-state index in [1.807, 2.05) is 22.4 Å². The smallest absolute Gasteiger partial charge is 0.269 e. The van der Waals surface area contributed by atoms with Crippen LogP contribution in [-0.4, -0.2) is 47.2 Å². The molecule has 1 N–H and O–H groups in total. The number of hydrogen-bond acceptors (Lipinski definition) is 5. The number of nitrogens with one attached hydrogen (secondary N) is 1. The van der Waals surface area contributed by atoms with E-state index in [9.17, 15) is 9.59 Å². The van der Waals surface area contributed by atoms with Gasteiger partial charge in [0.1, 0.15) is 5.71 Å². The molecule has 1 saturated heterocycles. The van der Waals surface area contributed by atoms with Crippen LogP contribution in [0.3, 0.4) is 0 Å². The first-order chi connectivity index (χ1) is 11.6. The number of hydrogen-bond donors (Lipinski definition) is 1. The van der Waals surface area contributed by atoms with Crippen molar-refractivity contribution in [3.05, 3.63) is 22.4 Å². The summed E-state index contributed by atoms with van der Waals surface area (Å²) in [7, 11) is 0. The van der Waals surface area contributed by atoms with Gasteiger partial charge in [-0.3, -0.25) is 9.59 Å². The monoisotopic (exact) mass is 347 g/mol. The first-order valence-corrected chi connectivity index (χ1v) is 9.38. The standard InChI is InChI=1S/C17H21N3O3S/c21-15(9-13-5-2-8-24-13)20-7-6-17(11-20)10-14(19-23-17)16(22)18-12-3-1-4-12/h2,5,8,12H,1,3-4,6-7,9-11H2,(H,18,22). The minimum Gasteiger partial charge on any atom is -0.386 e. The van der Waals surface area contributed by atoms with Crippen LogP contribution in [0.5, 0.6) is 0 Å². The Morgan fingerprint density at radius 2 is 2.33 bits per heavy atom. The Labute approximate surface area is 144 Å². The molecule has 0 radical (unpaired) electrons. The molecule has 7 heteroatoms. The Morgan fingerprint density at radius 3 is 3.04 bits per heavy atom. The van der Waals surface area contributed by atoms with E-state index in [1.165, 1.54) is 6.42 Å². The van der Waals surface area contributed by atoms with Crippen LogP contribution in [0.15, 0.2) is 22.7 Å². The van der Waals surface area contributed by atoms with Gasteiger partial charge in [0, 0.05) is 30.3 Å². The summed E-state index contributed by atoms with van der Waals surface area (Å²) in [5, 5.41) is 9.00. The average molecular weight is 347 g/mol. The lowest BCUT2D eigenvalue weighted by molar-refractivity contribution is -0.130. The van der Waals surface area contributed by atoms with Crippen LogP contribution in [-0.2, 0) is 20.8 Å². The number of nitrogens with zero attached hydrogens (tertiary/aromatic N) is 2. The third-order valence-corrected chi connectivity index (χ3v) is 5.99. The van der Waals surface area contributed by atoms with E-state index in [2.05, 4.69) is 10.5 Å². The average Bonchev–Trinajstić information content (AvgIpc) is 3.25. The molecule has 2 aliphatic heterocycles. The van der Waals surface area contributed by atoms with Crippen molar-refractivity contribution in [2.24, 2.45) is 5.16 Å². The Kier molecular flexibility index (Phi) is 4.04. The number of amides is 2. The number of oxime groups is 1. The second-order valence-electron chi connectivity index (χ2n) is 6.91. The molecule has 1 saturated carbocycles. The summed E-state index contributed by atoms with van der Waals surface area (Å²) in [4.78, 5) is 33.2. The molecule has 0 aromatic carbocycles. The van der Waals surface area contributed by atoms with Gasteiger partial charge in [-0.25, -0.2) is 0 Å². The number of thiophene rings is 1. The summed E-state index contributed by atoms with van der Waals surface area (Å²) < 4.78 is 0. The fourth-order valence-corrected chi connectivity index (χ4v) is 4.11. The molecule has 2 fully saturated rings. The van der Waals surface area contributed by atoms with E-state index in [0.29, 0.717) is 37.7 Å². The molecule has 2 amide bonds. The maximum Gasteiger partial charge on any atom is 0.269 e. The zero-order valence-corrected chi connectivity index (χ0v) is 14.3. The summed E-state index contributed by atoms with van der Waals surface area (Å²) in [5.41, 5.74) is -0.0355. The quantitative estimate of drug-likeness (QED) is 0.901. The van der Waals surface area contributed by atoms with E-state index >= 15 is 0 Å².